The molecule has 0 radical (unpaired) electrons. The van der Waals surface area contributed by atoms with E-state index in [-0.39, 0.29) is 5.57 Å². The van der Waals surface area contributed by atoms with E-state index in [1.165, 1.54) is 51.7 Å². The Balaban J connectivity index is 2.60. The first kappa shape index (κ1) is 17.3. The molecule has 6 heteroatoms. The van der Waals surface area contributed by atoms with Crippen LogP contribution in [0.15, 0.2) is 36.4 Å². The molecule has 126 valence electrons. The highest BCUT2D eigenvalue weighted by Gasteiger charge is 2.15. The van der Waals surface area contributed by atoms with Crippen molar-refractivity contribution in [1.82, 2.24) is 0 Å². The normalized spacial score (nSPS) is 11.1. The molecule has 0 spiro atoms. The summed E-state index contributed by atoms with van der Waals surface area (Å²) in [7, 11) is 4.45. The number of methoxy groups -OCH3 is 3. The zero-order chi connectivity index (χ0) is 17.7. The van der Waals surface area contributed by atoms with Crippen molar-refractivity contribution in [3.8, 4) is 17.2 Å². The third-order valence-electron chi connectivity index (χ3n) is 3.42. The van der Waals surface area contributed by atoms with E-state index < -0.39 is 11.8 Å². The average molecular weight is 332 g/mol. The Labute approximate surface area is 138 Å². The van der Waals surface area contributed by atoms with Crippen LogP contribution in [0.5, 0.6) is 17.2 Å². The molecule has 1 N–H and O–H groups in total. The Kier molecular flexibility index (Phi) is 5.42. The summed E-state index contributed by atoms with van der Waals surface area (Å²) in [5, 5.41) is 9.49. The lowest BCUT2D eigenvalue weighted by Crippen LogP contribution is -2.01. The second-order valence-corrected chi connectivity index (χ2v) is 4.82. The lowest BCUT2D eigenvalue weighted by atomic mass is 10.0. The largest absolute Gasteiger partial charge is 0.496 e. The van der Waals surface area contributed by atoms with E-state index in [1.807, 2.05) is 0 Å². The maximum Gasteiger partial charge on any atom is 0.336 e. The van der Waals surface area contributed by atoms with Crippen molar-refractivity contribution in [3.63, 3.8) is 0 Å². The van der Waals surface area contributed by atoms with Crippen molar-refractivity contribution < 1.29 is 28.5 Å². The summed E-state index contributed by atoms with van der Waals surface area (Å²) in [6.07, 6.45) is 1.44. The summed E-state index contributed by atoms with van der Waals surface area (Å²) in [6, 6.07) is 8.44. The monoisotopic (exact) mass is 332 g/mol. The quantitative estimate of drug-likeness (QED) is 0.648. The molecule has 0 atom stereocenters. The number of rotatable bonds is 6. The predicted molar refractivity (Wildman–Crippen MR) is 88.0 cm³/mol. The molecule has 0 aliphatic heterocycles. The lowest BCUT2D eigenvalue weighted by Gasteiger charge is -2.13. The topological polar surface area (TPSA) is 65.0 Å². The molecule has 0 bridgehead atoms. The standard InChI is InChI=1S/C18H17FO5/c1-22-15-10-17(24-3)16(23-2)9-12(15)8-14(18(20)21)11-4-6-13(19)7-5-11/h4-10H,1-3H3,(H,20,21)/b14-8-. The Bertz CT molecular complexity index is 766. The molecular weight excluding hydrogens is 315 g/mol. The molecule has 0 saturated heterocycles. The fraction of sp³-hybridized carbons (Fsp3) is 0.167. The van der Waals surface area contributed by atoms with Crippen molar-refractivity contribution in [1.29, 1.82) is 0 Å². The number of carboxylic acids is 1. The molecule has 2 aromatic rings. The van der Waals surface area contributed by atoms with Gasteiger partial charge in [0.15, 0.2) is 11.5 Å². The predicted octanol–water partition coefficient (Wildman–Crippen LogP) is 3.48. The Morgan fingerprint density at radius 1 is 0.958 bits per heavy atom. The van der Waals surface area contributed by atoms with Gasteiger partial charge in [-0.15, -0.1) is 0 Å². The fourth-order valence-corrected chi connectivity index (χ4v) is 2.22. The highest BCUT2D eigenvalue weighted by molar-refractivity contribution is 6.20. The van der Waals surface area contributed by atoms with E-state index in [0.717, 1.165) is 0 Å². The van der Waals surface area contributed by atoms with Gasteiger partial charge in [0.05, 0.1) is 26.9 Å². The highest BCUT2D eigenvalue weighted by Crippen LogP contribution is 2.36. The molecule has 0 heterocycles. The summed E-state index contributed by atoms with van der Waals surface area (Å²) < 4.78 is 28.8. The number of benzene rings is 2. The number of aliphatic carboxylic acids is 1. The Morgan fingerprint density at radius 3 is 2.00 bits per heavy atom. The second kappa shape index (κ2) is 7.50. The summed E-state index contributed by atoms with van der Waals surface area (Å²) in [6.45, 7) is 0. The molecule has 0 aliphatic rings. The molecule has 0 aromatic heterocycles. The van der Waals surface area contributed by atoms with Crippen LogP contribution < -0.4 is 14.2 Å². The number of hydrogen-bond donors (Lipinski definition) is 1. The van der Waals surface area contributed by atoms with Crippen LogP contribution in [0.4, 0.5) is 4.39 Å². The van der Waals surface area contributed by atoms with E-state index in [2.05, 4.69) is 0 Å². The molecule has 2 rings (SSSR count). The van der Waals surface area contributed by atoms with Gasteiger partial charge in [-0.25, -0.2) is 9.18 Å². The smallest absolute Gasteiger partial charge is 0.336 e. The first-order valence-corrected chi connectivity index (χ1v) is 7.01. The number of hydrogen-bond acceptors (Lipinski definition) is 4. The number of carboxylic acid groups (broad SMARTS) is 1. The fourth-order valence-electron chi connectivity index (χ4n) is 2.22. The van der Waals surface area contributed by atoms with Gasteiger partial charge in [0.1, 0.15) is 11.6 Å². The number of ether oxygens (including phenoxy) is 3. The third-order valence-corrected chi connectivity index (χ3v) is 3.42. The minimum absolute atomic E-state index is 0.000481. The molecule has 0 saturated carbocycles. The van der Waals surface area contributed by atoms with E-state index in [1.54, 1.807) is 12.1 Å². The molecule has 0 amide bonds. The van der Waals surface area contributed by atoms with Gasteiger partial charge in [-0.2, -0.15) is 0 Å². The van der Waals surface area contributed by atoms with Crippen LogP contribution in [0.2, 0.25) is 0 Å². The van der Waals surface area contributed by atoms with E-state index in [9.17, 15) is 14.3 Å². The molecule has 24 heavy (non-hydrogen) atoms. The van der Waals surface area contributed by atoms with Gasteiger partial charge >= 0.3 is 5.97 Å². The molecule has 0 fully saturated rings. The maximum absolute atomic E-state index is 13.1. The van der Waals surface area contributed by atoms with Gasteiger partial charge in [0, 0.05) is 11.6 Å². The average Bonchev–Trinajstić information content (AvgIpc) is 2.59. The van der Waals surface area contributed by atoms with Crippen molar-refractivity contribution in [2.24, 2.45) is 0 Å². The maximum atomic E-state index is 13.1. The van der Waals surface area contributed by atoms with Gasteiger partial charge in [-0.1, -0.05) is 12.1 Å². The summed E-state index contributed by atoms with van der Waals surface area (Å²) in [4.78, 5) is 11.6. The highest BCUT2D eigenvalue weighted by atomic mass is 19.1. The van der Waals surface area contributed by atoms with Crippen LogP contribution in [-0.2, 0) is 4.79 Å². The Hall–Kier alpha value is -3.02. The molecule has 5 nitrogen and oxygen atoms in total. The van der Waals surface area contributed by atoms with Gasteiger partial charge in [0.25, 0.3) is 0 Å². The zero-order valence-corrected chi connectivity index (χ0v) is 13.5. The SMILES string of the molecule is COc1cc(OC)c(OC)cc1/C=C(\C(=O)O)c1ccc(F)cc1. The van der Waals surface area contributed by atoms with Crippen LogP contribution in [0.25, 0.3) is 11.6 Å². The van der Waals surface area contributed by atoms with Crippen LogP contribution in [-0.4, -0.2) is 32.4 Å². The summed E-state index contributed by atoms with van der Waals surface area (Å²) in [5.74, 6) is -0.252. The lowest BCUT2D eigenvalue weighted by molar-refractivity contribution is -0.130. The molecular formula is C18H17FO5. The van der Waals surface area contributed by atoms with Crippen LogP contribution in [0.1, 0.15) is 11.1 Å². The zero-order valence-electron chi connectivity index (χ0n) is 13.5. The molecule has 0 unspecified atom stereocenters. The van der Waals surface area contributed by atoms with Gasteiger partial charge in [-0.05, 0) is 29.8 Å². The van der Waals surface area contributed by atoms with Gasteiger partial charge < -0.3 is 19.3 Å². The number of halogens is 1. The Morgan fingerprint density at radius 2 is 1.50 bits per heavy atom. The minimum Gasteiger partial charge on any atom is -0.496 e. The van der Waals surface area contributed by atoms with Crippen molar-refractivity contribution in [2.45, 2.75) is 0 Å². The van der Waals surface area contributed by atoms with E-state index in [0.29, 0.717) is 28.4 Å². The third kappa shape index (κ3) is 3.65. The summed E-state index contributed by atoms with van der Waals surface area (Å²) in [5.41, 5.74) is 0.873. The van der Waals surface area contributed by atoms with E-state index in [4.69, 9.17) is 14.2 Å². The van der Waals surface area contributed by atoms with Crippen molar-refractivity contribution in [3.05, 3.63) is 53.3 Å². The van der Waals surface area contributed by atoms with Gasteiger partial charge in [0.2, 0.25) is 0 Å². The first-order valence-electron chi connectivity index (χ1n) is 7.01. The molecule has 2 aromatic carbocycles. The van der Waals surface area contributed by atoms with Gasteiger partial charge in [-0.3, -0.25) is 0 Å². The van der Waals surface area contributed by atoms with Crippen LogP contribution in [0.3, 0.4) is 0 Å². The van der Waals surface area contributed by atoms with Crippen molar-refractivity contribution >= 4 is 17.6 Å². The first-order chi connectivity index (χ1) is 11.5. The minimum atomic E-state index is -1.14. The van der Waals surface area contributed by atoms with E-state index >= 15 is 0 Å². The summed E-state index contributed by atoms with van der Waals surface area (Å²) >= 11 is 0. The molecule has 0 aliphatic carbocycles. The van der Waals surface area contributed by atoms with Crippen molar-refractivity contribution in [2.75, 3.05) is 21.3 Å². The second-order valence-electron chi connectivity index (χ2n) is 4.82. The van der Waals surface area contributed by atoms with Crippen LogP contribution >= 0.6 is 0 Å². The van der Waals surface area contributed by atoms with Crippen LogP contribution in [0, 0.1) is 5.82 Å². The number of carbonyl (C=O) groups is 1.